The van der Waals surface area contributed by atoms with E-state index < -0.39 is 0 Å². The van der Waals surface area contributed by atoms with Crippen LogP contribution < -0.4 is 0 Å². The molecule has 0 aliphatic carbocycles. The van der Waals surface area contributed by atoms with Crippen molar-refractivity contribution in [2.24, 2.45) is 0 Å². The van der Waals surface area contributed by atoms with Crippen molar-refractivity contribution in [3.05, 3.63) is 12.2 Å². The molecule has 0 bridgehead atoms. The lowest BCUT2D eigenvalue weighted by Crippen LogP contribution is -2.15. The van der Waals surface area contributed by atoms with Crippen LogP contribution >= 0.6 is 0 Å². The van der Waals surface area contributed by atoms with Crippen molar-refractivity contribution in [3.8, 4) is 0 Å². The zero-order valence-electron chi connectivity index (χ0n) is 15.9. The Hall–Kier alpha value is -1.32. The summed E-state index contributed by atoms with van der Waals surface area (Å²) in [5.74, 6) is -0.479. The molecule has 1 unspecified atom stereocenters. The molecule has 0 amide bonds. The zero-order chi connectivity index (χ0) is 18.2. The van der Waals surface area contributed by atoms with Gasteiger partial charge in [0.25, 0.3) is 0 Å². The molecule has 0 aliphatic rings. The SMILES string of the molecule is C=C(C)CCOC(=O)CCCC(=O)OC(C)CCCCCCCC. The van der Waals surface area contributed by atoms with E-state index in [9.17, 15) is 9.59 Å². The van der Waals surface area contributed by atoms with Crippen molar-refractivity contribution in [1.82, 2.24) is 0 Å². The Balaban J connectivity index is 3.56. The highest BCUT2D eigenvalue weighted by Gasteiger charge is 2.11. The predicted molar refractivity (Wildman–Crippen MR) is 97.8 cm³/mol. The third kappa shape index (κ3) is 15.6. The molecule has 0 fully saturated rings. The smallest absolute Gasteiger partial charge is 0.306 e. The van der Waals surface area contributed by atoms with Crippen LogP contribution in [0.25, 0.3) is 0 Å². The van der Waals surface area contributed by atoms with Crippen molar-refractivity contribution < 1.29 is 19.1 Å². The minimum atomic E-state index is -0.260. The van der Waals surface area contributed by atoms with Crippen molar-refractivity contribution in [2.75, 3.05) is 6.61 Å². The summed E-state index contributed by atoms with van der Waals surface area (Å²) in [6, 6.07) is 0. The maximum atomic E-state index is 11.7. The van der Waals surface area contributed by atoms with Crippen LogP contribution in [0.3, 0.4) is 0 Å². The molecule has 0 saturated heterocycles. The fraction of sp³-hybridized carbons (Fsp3) is 0.800. The van der Waals surface area contributed by atoms with E-state index in [0.717, 1.165) is 18.4 Å². The Morgan fingerprint density at radius 3 is 2.21 bits per heavy atom. The molecule has 0 aromatic heterocycles. The van der Waals surface area contributed by atoms with E-state index in [0.29, 0.717) is 19.4 Å². The highest BCUT2D eigenvalue weighted by atomic mass is 16.5. The maximum absolute atomic E-state index is 11.7. The zero-order valence-corrected chi connectivity index (χ0v) is 15.9. The van der Waals surface area contributed by atoms with Crippen LogP contribution in [0.5, 0.6) is 0 Å². The molecule has 140 valence electrons. The Kier molecular flexibility index (Phi) is 14.4. The molecule has 0 saturated carbocycles. The molecule has 0 aromatic carbocycles. The molecule has 0 N–H and O–H groups in total. The third-order valence-electron chi connectivity index (χ3n) is 3.85. The molecule has 0 heterocycles. The number of hydrogen-bond acceptors (Lipinski definition) is 4. The van der Waals surface area contributed by atoms with E-state index in [1.54, 1.807) is 0 Å². The summed E-state index contributed by atoms with van der Waals surface area (Å²) in [5, 5.41) is 0. The van der Waals surface area contributed by atoms with Gasteiger partial charge in [0.05, 0.1) is 12.7 Å². The summed E-state index contributed by atoms with van der Waals surface area (Å²) in [5.41, 5.74) is 0.991. The standard InChI is InChI=1S/C20H36O4/c1-5-6-7-8-9-10-12-18(4)24-20(22)14-11-13-19(21)23-16-15-17(2)3/h18H,2,5-16H2,1,3-4H3. The van der Waals surface area contributed by atoms with Crippen molar-refractivity contribution in [2.45, 2.75) is 97.5 Å². The number of esters is 2. The molecule has 4 nitrogen and oxygen atoms in total. The van der Waals surface area contributed by atoms with Gasteiger partial charge in [-0.1, -0.05) is 44.6 Å². The fourth-order valence-electron chi connectivity index (χ4n) is 2.34. The second-order valence-electron chi connectivity index (χ2n) is 6.64. The van der Waals surface area contributed by atoms with Crippen LogP contribution in [-0.2, 0) is 19.1 Å². The molecule has 0 aliphatic heterocycles. The summed E-state index contributed by atoms with van der Waals surface area (Å²) in [6.45, 7) is 10.2. The van der Waals surface area contributed by atoms with Crippen molar-refractivity contribution in [1.29, 1.82) is 0 Å². The Labute approximate surface area is 148 Å². The molecule has 0 radical (unpaired) electrons. The number of carbonyl (C=O) groups excluding carboxylic acids is 2. The summed E-state index contributed by atoms with van der Waals surface area (Å²) >= 11 is 0. The lowest BCUT2D eigenvalue weighted by molar-refractivity contribution is -0.149. The van der Waals surface area contributed by atoms with Crippen LogP contribution in [0, 0.1) is 0 Å². The summed E-state index contributed by atoms with van der Waals surface area (Å²) in [7, 11) is 0. The first-order valence-corrected chi connectivity index (χ1v) is 9.45. The Morgan fingerprint density at radius 1 is 0.917 bits per heavy atom. The van der Waals surface area contributed by atoms with Gasteiger partial charge < -0.3 is 9.47 Å². The highest BCUT2D eigenvalue weighted by molar-refractivity contribution is 5.72. The quantitative estimate of drug-likeness (QED) is 0.229. The highest BCUT2D eigenvalue weighted by Crippen LogP contribution is 2.11. The minimum Gasteiger partial charge on any atom is -0.465 e. The molecule has 4 heteroatoms. The molecule has 0 spiro atoms. The van der Waals surface area contributed by atoms with E-state index in [4.69, 9.17) is 9.47 Å². The average Bonchev–Trinajstić information content (AvgIpc) is 2.50. The van der Waals surface area contributed by atoms with E-state index in [1.165, 1.54) is 32.1 Å². The van der Waals surface area contributed by atoms with Crippen LogP contribution in [0.15, 0.2) is 12.2 Å². The van der Waals surface area contributed by atoms with Gasteiger partial charge in [0.15, 0.2) is 0 Å². The van der Waals surface area contributed by atoms with E-state index >= 15 is 0 Å². The second-order valence-corrected chi connectivity index (χ2v) is 6.64. The first kappa shape index (κ1) is 22.7. The first-order valence-electron chi connectivity index (χ1n) is 9.45. The monoisotopic (exact) mass is 340 g/mol. The lowest BCUT2D eigenvalue weighted by Gasteiger charge is -2.13. The molecule has 0 rings (SSSR count). The number of rotatable bonds is 15. The van der Waals surface area contributed by atoms with Crippen molar-refractivity contribution >= 4 is 11.9 Å². The number of hydrogen-bond donors (Lipinski definition) is 0. The van der Waals surface area contributed by atoms with Gasteiger partial charge >= 0.3 is 11.9 Å². The van der Waals surface area contributed by atoms with E-state index in [1.807, 2.05) is 13.8 Å². The number of unbranched alkanes of at least 4 members (excludes halogenated alkanes) is 5. The Morgan fingerprint density at radius 2 is 1.54 bits per heavy atom. The molecule has 1 atom stereocenters. The molecular formula is C20H36O4. The predicted octanol–water partition coefficient (Wildman–Crippen LogP) is 5.35. The second kappa shape index (κ2) is 15.2. The van der Waals surface area contributed by atoms with E-state index in [-0.39, 0.29) is 30.9 Å². The maximum Gasteiger partial charge on any atom is 0.306 e. The van der Waals surface area contributed by atoms with Crippen LogP contribution in [0.1, 0.15) is 91.4 Å². The first-order chi connectivity index (χ1) is 11.5. The van der Waals surface area contributed by atoms with Crippen molar-refractivity contribution in [3.63, 3.8) is 0 Å². The van der Waals surface area contributed by atoms with Gasteiger partial charge in [0.1, 0.15) is 0 Å². The van der Waals surface area contributed by atoms with Crippen LogP contribution in [-0.4, -0.2) is 24.6 Å². The number of ether oxygens (including phenoxy) is 2. The van der Waals surface area contributed by atoms with Gasteiger partial charge in [-0.05, 0) is 33.1 Å². The summed E-state index contributed by atoms with van der Waals surface area (Å²) in [4.78, 5) is 23.2. The van der Waals surface area contributed by atoms with Gasteiger partial charge in [-0.15, -0.1) is 6.58 Å². The molecule has 24 heavy (non-hydrogen) atoms. The fourth-order valence-corrected chi connectivity index (χ4v) is 2.34. The topological polar surface area (TPSA) is 52.6 Å². The number of carbonyl (C=O) groups is 2. The lowest BCUT2D eigenvalue weighted by atomic mass is 10.1. The third-order valence-corrected chi connectivity index (χ3v) is 3.85. The normalized spacial score (nSPS) is 11.8. The Bertz CT molecular complexity index is 363. The van der Waals surface area contributed by atoms with Gasteiger partial charge in [-0.25, -0.2) is 0 Å². The van der Waals surface area contributed by atoms with Gasteiger partial charge in [0.2, 0.25) is 0 Å². The largest absolute Gasteiger partial charge is 0.465 e. The minimum absolute atomic E-state index is 0.0359. The molecular weight excluding hydrogens is 304 g/mol. The summed E-state index contributed by atoms with van der Waals surface area (Å²) in [6.07, 6.45) is 10.0. The molecule has 0 aromatic rings. The van der Waals surface area contributed by atoms with Gasteiger partial charge in [-0.3, -0.25) is 9.59 Å². The van der Waals surface area contributed by atoms with E-state index in [2.05, 4.69) is 13.5 Å². The van der Waals surface area contributed by atoms with Crippen LogP contribution in [0.2, 0.25) is 0 Å². The average molecular weight is 341 g/mol. The summed E-state index contributed by atoms with van der Waals surface area (Å²) < 4.78 is 10.4. The van der Waals surface area contributed by atoms with Gasteiger partial charge in [0, 0.05) is 19.3 Å². The van der Waals surface area contributed by atoms with Gasteiger partial charge in [-0.2, -0.15) is 0 Å². The van der Waals surface area contributed by atoms with Crippen LogP contribution in [0.4, 0.5) is 0 Å².